The van der Waals surface area contributed by atoms with E-state index in [4.69, 9.17) is 9.40 Å². The van der Waals surface area contributed by atoms with Crippen molar-refractivity contribution >= 4 is 65.6 Å². The quantitative estimate of drug-likeness (QED) is 0.194. The standard InChI is InChI=1S/C44H27N3O/c1-3-11-31-27(9-1)18-23-39-43(31)35-25-29(30-17-21-34-33-13-5-8-16-40(33)48-41(34)26-30)19-22-37(35)46(39)42-24-20-28-10-2-4-12-32(28)44-45-36-14-6-7-15-38(36)47(42)44/h1-19,21-26H,20H2. The number of nitrogens with zero attached hydrogens (tertiary/aromatic N) is 3. The second-order valence-electron chi connectivity index (χ2n) is 12.7. The highest BCUT2D eigenvalue weighted by molar-refractivity contribution is 6.21. The SMILES string of the molecule is C1=C(n2c3ccc(-c4ccc5c(c4)oc4ccccc45)cc3c3c4ccccc4ccc32)n2c(nc3ccccc32)-c2ccccc2C1. The molecule has 0 saturated carbocycles. The lowest BCUT2D eigenvalue weighted by molar-refractivity contribution is 0.669. The highest BCUT2D eigenvalue weighted by Crippen LogP contribution is 2.41. The molecule has 0 fully saturated rings. The number of para-hydroxylation sites is 3. The van der Waals surface area contributed by atoms with Crippen LogP contribution in [-0.4, -0.2) is 14.1 Å². The number of imidazole rings is 1. The van der Waals surface area contributed by atoms with Gasteiger partial charge in [-0.25, -0.2) is 4.98 Å². The summed E-state index contributed by atoms with van der Waals surface area (Å²) in [6, 6.07) is 52.2. The van der Waals surface area contributed by atoms with Gasteiger partial charge in [0.15, 0.2) is 0 Å². The normalized spacial score (nSPS) is 13.0. The molecule has 1 aliphatic heterocycles. The van der Waals surface area contributed by atoms with Crippen molar-refractivity contribution in [2.75, 3.05) is 0 Å². The van der Waals surface area contributed by atoms with E-state index in [-0.39, 0.29) is 0 Å². The topological polar surface area (TPSA) is 35.9 Å². The molecule has 0 radical (unpaired) electrons. The maximum Gasteiger partial charge on any atom is 0.147 e. The first-order chi connectivity index (χ1) is 23.8. The lowest BCUT2D eigenvalue weighted by Gasteiger charge is -2.16. The van der Waals surface area contributed by atoms with E-state index in [1.807, 2.05) is 12.1 Å². The van der Waals surface area contributed by atoms with Crippen molar-refractivity contribution in [1.29, 1.82) is 0 Å². The number of aromatic nitrogens is 3. The van der Waals surface area contributed by atoms with Gasteiger partial charge < -0.3 is 4.42 Å². The van der Waals surface area contributed by atoms with Gasteiger partial charge in [0, 0.05) is 27.1 Å². The maximum absolute atomic E-state index is 6.29. The Morgan fingerprint density at radius 1 is 0.521 bits per heavy atom. The van der Waals surface area contributed by atoms with E-state index < -0.39 is 0 Å². The van der Waals surface area contributed by atoms with Crippen LogP contribution in [0.25, 0.3) is 88.1 Å². The minimum absolute atomic E-state index is 0.813. The molecular weight excluding hydrogens is 587 g/mol. The van der Waals surface area contributed by atoms with Crippen LogP contribution in [0.4, 0.5) is 0 Å². The summed E-state index contributed by atoms with van der Waals surface area (Å²) in [7, 11) is 0. The highest BCUT2D eigenvalue weighted by Gasteiger charge is 2.25. The highest BCUT2D eigenvalue weighted by atomic mass is 16.3. The summed E-state index contributed by atoms with van der Waals surface area (Å²) >= 11 is 0. The number of benzene rings is 7. The molecule has 0 N–H and O–H groups in total. The summed E-state index contributed by atoms with van der Waals surface area (Å²) in [6.07, 6.45) is 3.19. The Kier molecular flexibility index (Phi) is 5.13. The van der Waals surface area contributed by atoms with E-state index in [0.717, 1.165) is 67.7 Å². The smallest absolute Gasteiger partial charge is 0.147 e. The van der Waals surface area contributed by atoms with Crippen molar-refractivity contribution < 1.29 is 4.42 Å². The monoisotopic (exact) mass is 613 g/mol. The van der Waals surface area contributed by atoms with Crippen molar-refractivity contribution in [2.45, 2.75) is 6.42 Å². The zero-order valence-corrected chi connectivity index (χ0v) is 25.9. The first-order valence-electron chi connectivity index (χ1n) is 16.4. The van der Waals surface area contributed by atoms with E-state index in [9.17, 15) is 0 Å². The molecule has 11 rings (SSSR count). The van der Waals surface area contributed by atoms with Gasteiger partial charge in [0.1, 0.15) is 22.8 Å². The van der Waals surface area contributed by atoms with E-state index >= 15 is 0 Å². The summed E-state index contributed by atoms with van der Waals surface area (Å²) in [5.41, 5.74) is 11.0. The number of fused-ring (bicyclic) bond motifs is 13. The Morgan fingerprint density at radius 3 is 2.25 bits per heavy atom. The zero-order chi connectivity index (χ0) is 31.3. The predicted molar refractivity (Wildman–Crippen MR) is 197 cm³/mol. The van der Waals surface area contributed by atoms with Crippen molar-refractivity contribution in [3.05, 3.63) is 163 Å². The number of hydrogen-bond acceptors (Lipinski definition) is 2. The number of hydrogen-bond donors (Lipinski definition) is 0. The maximum atomic E-state index is 6.29. The second-order valence-corrected chi connectivity index (χ2v) is 12.7. The molecule has 0 amide bonds. The summed E-state index contributed by atoms with van der Waals surface area (Å²) in [6.45, 7) is 0. The van der Waals surface area contributed by atoms with Crippen LogP contribution in [0.15, 0.2) is 156 Å². The third kappa shape index (κ3) is 3.52. The van der Waals surface area contributed by atoms with Gasteiger partial charge in [-0.15, -0.1) is 0 Å². The molecule has 4 heteroatoms. The summed E-state index contributed by atoms with van der Waals surface area (Å²) in [4.78, 5) is 5.22. The van der Waals surface area contributed by atoms with Crippen LogP contribution in [0.2, 0.25) is 0 Å². The zero-order valence-electron chi connectivity index (χ0n) is 25.9. The van der Waals surface area contributed by atoms with Crippen molar-refractivity contribution in [3.8, 4) is 22.5 Å². The summed E-state index contributed by atoms with van der Waals surface area (Å²) < 4.78 is 11.1. The predicted octanol–water partition coefficient (Wildman–Crippen LogP) is 11.3. The molecule has 0 saturated heterocycles. The van der Waals surface area contributed by atoms with E-state index in [0.29, 0.717) is 0 Å². The van der Waals surface area contributed by atoms with Crippen molar-refractivity contribution in [3.63, 3.8) is 0 Å². The van der Waals surface area contributed by atoms with Crippen molar-refractivity contribution in [1.82, 2.24) is 14.1 Å². The Hall–Kier alpha value is -6.39. The van der Waals surface area contributed by atoms with Crippen LogP contribution in [0.1, 0.15) is 5.56 Å². The molecule has 0 atom stereocenters. The summed E-state index contributed by atoms with van der Waals surface area (Å²) in [5.74, 6) is 2.07. The molecule has 0 bridgehead atoms. The lowest BCUT2D eigenvalue weighted by Crippen LogP contribution is -2.12. The van der Waals surface area contributed by atoms with Crippen LogP contribution in [-0.2, 0) is 6.42 Å². The molecule has 10 aromatic rings. The van der Waals surface area contributed by atoms with Gasteiger partial charge in [0.25, 0.3) is 0 Å². The number of rotatable bonds is 2. The summed E-state index contributed by atoms with van der Waals surface area (Å²) in [5, 5.41) is 7.24. The van der Waals surface area contributed by atoms with Gasteiger partial charge in [0.05, 0.1) is 22.1 Å². The Morgan fingerprint density at radius 2 is 1.27 bits per heavy atom. The fourth-order valence-corrected chi connectivity index (χ4v) is 7.96. The Labute approximate surface area is 275 Å². The molecule has 1 aliphatic rings. The van der Waals surface area contributed by atoms with Crippen LogP contribution in [0.3, 0.4) is 0 Å². The van der Waals surface area contributed by atoms with Crippen LogP contribution >= 0.6 is 0 Å². The molecule has 48 heavy (non-hydrogen) atoms. The average Bonchev–Trinajstić information content (AvgIpc) is 3.78. The first-order valence-corrected chi connectivity index (χ1v) is 16.4. The molecule has 4 nitrogen and oxygen atoms in total. The van der Waals surface area contributed by atoms with E-state index in [1.54, 1.807) is 0 Å². The van der Waals surface area contributed by atoms with Gasteiger partial charge in [-0.1, -0.05) is 97.1 Å². The molecular formula is C44H27N3O. The lowest BCUT2D eigenvalue weighted by atomic mass is 9.99. The Bertz CT molecular complexity index is 2990. The Balaban J connectivity index is 1.21. The van der Waals surface area contributed by atoms with Gasteiger partial charge in [0.2, 0.25) is 0 Å². The largest absolute Gasteiger partial charge is 0.456 e. The van der Waals surface area contributed by atoms with Crippen molar-refractivity contribution in [2.24, 2.45) is 0 Å². The third-order valence-corrected chi connectivity index (χ3v) is 10.1. The third-order valence-electron chi connectivity index (χ3n) is 10.1. The molecule has 0 spiro atoms. The van der Waals surface area contributed by atoms with Gasteiger partial charge in [-0.3, -0.25) is 9.13 Å². The van der Waals surface area contributed by atoms with Crippen LogP contribution in [0.5, 0.6) is 0 Å². The fraction of sp³-hybridized carbons (Fsp3) is 0.0227. The molecule has 0 unspecified atom stereocenters. The number of furan rings is 1. The van der Waals surface area contributed by atoms with Crippen LogP contribution < -0.4 is 0 Å². The van der Waals surface area contributed by atoms with Crippen LogP contribution in [0, 0.1) is 5.82 Å². The van der Waals surface area contributed by atoms with Gasteiger partial charge in [-0.2, -0.15) is 0 Å². The van der Waals surface area contributed by atoms with Gasteiger partial charge >= 0.3 is 0 Å². The average molecular weight is 614 g/mol. The molecule has 224 valence electrons. The second kappa shape index (κ2) is 9.57. The number of allylic oxidation sites excluding steroid dienone is 1. The van der Waals surface area contributed by atoms with E-state index in [2.05, 4.69) is 149 Å². The molecule has 4 heterocycles. The minimum atomic E-state index is 0.813. The fourth-order valence-electron chi connectivity index (χ4n) is 7.96. The molecule has 3 aromatic heterocycles. The molecule has 7 aromatic carbocycles. The first kappa shape index (κ1) is 25.8. The molecule has 0 aliphatic carbocycles. The van der Waals surface area contributed by atoms with Gasteiger partial charge in [-0.05, 0) is 88.5 Å². The minimum Gasteiger partial charge on any atom is -0.456 e. The van der Waals surface area contributed by atoms with E-state index in [1.165, 1.54) is 38.2 Å².